The van der Waals surface area contributed by atoms with Gasteiger partial charge in [-0.2, -0.15) is 5.10 Å². The maximum atomic E-state index is 14.2. The lowest BCUT2D eigenvalue weighted by Crippen LogP contribution is -2.49. The maximum absolute atomic E-state index is 14.2. The minimum Gasteiger partial charge on any atom is -0.353 e. The summed E-state index contributed by atoms with van der Waals surface area (Å²) in [5.41, 5.74) is 3.21. The molecule has 1 fully saturated rings. The lowest BCUT2D eigenvalue weighted by molar-refractivity contribution is 0.0742. The standard InChI is InChI=1S/C26H22FN7OS/c1-16-13-18(27)14-19-21(16)31-32-22(19)25-30-23(24(36-25)17-5-4-7-28-15-17)26(35)34-11-9-33(10-12-34)20-6-2-3-8-29-20/h2-8,13-15H,9-12H2,1H3,(H,31,32). The first-order valence-electron chi connectivity index (χ1n) is 11.6. The molecule has 0 radical (unpaired) electrons. The summed E-state index contributed by atoms with van der Waals surface area (Å²) in [4.78, 5) is 31.8. The number of thiazole rings is 1. The van der Waals surface area contributed by atoms with Crippen LogP contribution in [0.5, 0.6) is 0 Å². The molecule has 5 heterocycles. The van der Waals surface area contributed by atoms with Crippen molar-refractivity contribution < 1.29 is 9.18 Å². The quantitative estimate of drug-likeness (QED) is 0.390. The summed E-state index contributed by atoms with van der Waals surface area (Å²) in [6.45, 7) is 4.32. The fraction of sp³-hybridized carbons (Fsp3) is 0.192. The van der Waals surface area contributed by atoms with Gasteiger partial charge in [0, 0.05) is 55.7 Å². The van der Waals surface area contributed by atoms with E-state index in [1.165, 1.54) is 23.5 Å². The van der Waals surface area contributed by atoms with Crippen molar-refractivity contribution in [1.29, 1.82) is 0 Å². The van der Waals surface area contributed by atoms with E-state index < -0.39 is 0 Å². The molecule has 0 aliphatic carbocycles. The first kappa shape index (κ1) is 22.3. The van der Waals surface area contributed by atoms with Crippen LogP contribution in [-0.4, -0.2) is 62.1 Å². The van der Waals surface area contributed by atoms with Crippen LogP contribution in [-0.2, 0) is 0 Å². The minimum absolute atomic E-state index is 0.140. The number of rotatable bonds is 4. The molecule has 1 aliphatic heterocycles. The topological polar surface area (TPSA) is 90.9 Å². The molecule has 180 valence electrons. The fourth-order valence-corrected chi connectivity index (χ4v) is 5.55. The van der Waals surface area contributed by atoms with E-state index in [9.17, 15) is 9.18 Å². The number of piperazine rings is 1. The number of carbonyl (C=O) groups excluding carboxylic acids is 1. The van der Waals surface area contributed by atoms with Crippen LogP contribution in [0.25, 0.3) is 32.0 Å². The number of carbonyl (C=O) groups is 1. The second-order valence-corrected chi connectivity index (χ2v) is 9.62. The molecule has 0 saturated carbocycles. The minimum atomic E-state index is -0.339. The maximum Gasteiger partial charge on any atom is 0.274 e. The molecule has 5 aromatic rings. The molecular weight excluding hydrogens is 477 g/mol. The number of fused-ring (bicyclic) bond motifs is 1. The van der Waals surface area contributed by atoms with Gasteiger partial charge >= 0.3 is 0 Å². The normalized spacial score (nSPS) is 13.9. The van der Waals surface area contributed by atoms with Gasteiger partial charge in [-0.3, -0.25) is 14.9 Å². The first-order chi connectivity index (χ1) is 17.6. The Kier molecular flexibility index (Phi) is 5.65. The average Bonchev–Trinajstić information content (AvgIpc) is 3.54. The van der Waals surface area contributed by atoms with E-state index in [0.29, 0.717) is 48.0 Å². The van der Waals surface area contributed by atoms with Gasteiger partial charge in [-0.05, 0) is 42.8 Å². The Labute approximate surface area is 210 Å². The van der Waals surface area contributed by atoms with Gasteiger partial charge in [0.1, 0.15) is 28.0 Å². The molecule has 1 saturated heterocycles. The Morgan fingerprint density at radius 1 is 1.08 bits per heavy atom. The van der Waals surface area contributed by atoms with Gasteiger partial charge in [-0.15, -0.1) is 11.3 Å². The number of aromatic nitrogens is 5. The second kappa shape index (κ2) is 9.12. The Morgan fingerprint density at radius 3 is 2.69 bits per heavy atom. The van der Waals surface area contributed by atoms with Gasteiger partial charge < -0.3 is 9.80 Å². The number of H-pyrrole nitrogens is 1. The number of pyridine rings is 2. The number of nitrogens with zero attached hydrogens (tertiary/aromatic N) is 6. The van der Waals surface area contributed by atoms with Crippen LogP contribution in [0.15, 0.2) is 61.1 Å². The van der Waals surface area contributed by atoms with Crippen LogP contribution in [0.1, 0.15) is 16.1 Å². The van der Waals surface area contributed by atoms with Crippen LogP contribution >= 0.6 is 11.3 Å². The molecule has 8 nitrogen and oxygen atoms in total. The van der Waals surface area contributed by atoms with Crippen LogP contribution < -0.4 is 4.90 Å². The summed E-state index contributed by atoms with van der Waals surface area (Å²) in [6, 6.07) is 12.5. The molecule has 10 heteroatoms. The molecule has 0 spiro atoms. The Balaban J connectivity index is 1.36. The highest BCUT2D eigenvalue weighted by Crippen LogP contribution is 2.38. The third-order valence-electron chi connectivity index (χ3n) is 6.33. The highest BCUT2D eigenvalue weighted by Gasteiger charge is 2.29. The van der Waals surface area contributed by atoms with Gasteiger partial charge in [0.05, 0.1) is 10.4 Å². The molecule has 1 N–H and O–H groups in total. The number of nitrogens with one attached hydrogen (secondary N) is 1. The SMILES string of the molecule is Cc1cc(F)cc2c(-c3nc(C(=O)N4CCN(c5ccccn5)CC4)c(-c4cccnc4)s3)n[nH]c12. The predicted octanol–water partition coefficient (Wildman–Crippen LogP) is 4.55. The summed E-state index contributed by atoms with van der Waals surface area (Å²) in [6.07, 6.45) is 5.19. The molecule has 0 bridgehead atoms. The van der Waals surface area contributed by atoms with Gasteiger partial charge in [0.15, 0.2) is 0 Å². The second-order valence-electron chi connectivity index (χ2n) is 8.62. The van der Waals surface area contributed by atoms with Crippen molar-refractivity contribution in [3.05, 3.63) is 78.1 Å². The molecule has 1 aromatic carbocycles. The first-order valence-corrected chi connectivity index (χ1v) is 12.4. The van der Waals surface area contributed by atoms with E-state index in [1.54, 1.807) is 18.6 Å². The van der Waals surface area contributed by atoms with Gasteiger partial charge in [-0.1, -0.05) is 12.1 Å². The third kappa shape index (κ3) is 3.99. The van der Waals surface area contributed by atoms with Crippen LogP contribution in [0.2, 0.25) is 0 Å². The Hall–Kier alpha value is -4.18. The van der Waals surface area contributed by atoms with Crippen molar-refractivity contribution in [2.75, 3.05) is 31.1 Å². The number of benzene rings is 1. The summed E-state index contributed by atoms with van der Waals surface area (Å²) in [5.74, 6) is 0.428. The monoisotopic (exact) mass is 499 g/mol. The molecule has 4 aromatic heterocycles. The van der Waals surface area contributed by atoms with E-state index in [1.807, 2.05) is 42.2 Å². The van der Waals surface area contributed by atoms with Gasteiger partial charge in [0.2, 0.25) is 0 Å². The van der Waals surface area contributed by atoms with Gasteiger partial charge in [-0.25, -0.2) is 14.4 Å². The summed E-state index contributed by atoms with van der Waals surface area (Å²) in [7, 11) is 0. The third-order valence-corrected chi connectivity index (χ3v) is 7.44. The molecular formula is C26H22FN7OS. The Morgan fingerprint density at radius 2 is 1.94 bits per heavy atom. The molecule has 0 unspecified atom stereocenters. The number of hydrogen-bond acceptors (Lipinski definition) is 7. The summed E-state index contributed by atoms with van der Waals surface area (Å²) >= 11 is 1.36. The number of halogens is 1. The largest absolute Gasteiger partial charge is 0.353 e. The molecule has 1 aliphatic rings. The van der Waals surface area contributed by atoms with Crippen molar-refractivity contribution in [1.82, 2.24) is 30.0 Å². The highest BCUT2D eigenvalue weighted by atomic mass is 32.1. The van der Waals surface area contributed by atoms with Crippen LogP contribution in [0.4, 0.5) is 10.2 Å². The highest BCUT2D eigenvalue weighted by molar-refractivity contribution is 7.18. The Bertz CT molecular complexity index is 1540. The van der Waals surface area contributed by atoms with E-state index in [2.05, 4.69) is 25.1 Å². The van der Waals surface area contributed by atoms with Crippen molar-refractivity contribution in [3.8, 4) is 21.1 Å². The number of anilines is 1. The van der Waals surface area contributed by atoms with Crippen molar-refractivity contribution >= 4 is 34.0 Å². The predicted molar refractivity (Wildman–Crippen MR) is 137 cm³/mol. The molecule has 6 rings (SSSR count). The smallest absolute Gasteiger partial charge is 0.274 e. The zero-order valence-corrected chi connectivity index (χ0v) is 20.3. The van der Waals surface area contributed by atoms with E-state index in [-0.39, 0.29) is 11.7 Å². The zero-order valence-electron chi connectivity index (χ0n) is 19.5. The zero-order chi connectivity index (χ0) is 24.6. The number of aromatic amines is 1. The average molecular weight is 500 g/mol. The fourth-order valence-electron chi connectivity index (χ4n) is 4.50. The van der Waals surface area contributed by atoms with Gasteiger partial charge in [0.25, 0.3) is 5.91 Å². The summed E-state index contributed by atoms with van der Waals surface area (Å²) < 4.78 is 14.2. The van der Waals surface area contributed by atoms with E-state index in [0.717, 1.165) is 27.3 Å². The van der Waals surface area contributed by atoms with Crippen molar-refractivity contribution in [2.24, 2.45) is 0 Å². The lowest BCUT2D eigenvalue weighted by atomic mass is 10.1. The number of hydrogen-bond donors (Lipinski definition) is 1. The summed E-state index contributed by atoms with van der Waals surface area (Å²) in [5, 5.41) is 8.62. The lowest BCUT2D eigenvalue weighted by Gasteiger charge is -2.35. The van der Waals surface area contributed by atoms with Crippen LogP contribution in [0.3, 0.4) is 0 Å². The van der Waals surface area contributed by atoms with Crippen molar-refractivity contribution in [2.45, 2.75) is 6.92 Å². The van der Waals surface area contributed by atoms with E-state index >= 15 is 0 Å². The number of amides is 1. The molecule has 1 amide bonds. The van der Waals surface area contributed by atoms with Crippen molar-refractivity contribution in [3.63, 3.8) is 0 Å². The van der Waals surface area contributed by atoms with E-state index in [4.69, 9.17) is 4.98 Å². The molecule has 36 heavy (non-hydrogen) atoms. The molecule has 0 atom stereocenters. The number of aryl methyl sites for hydroxylation is 1. The van der Waals surface area contributed by atoms with Crippen LogP contribution in [0, 0.1) is 12.7 Å².